The smallest absolute Gasteiger partial charge is 0.209 e. The maximum atomic E-state index is 9.43. The zero-order chi connectivity index (χ0) is 8.41. The summed E-state index contributed by atoms with van der Waals surface area (Å²) >= 11 is 0. The van der Waals surface area contributed by atoms with Gasteiger partial charge in [0.05, 0.1) is 6.07 Å². The molecule has 0 saturated carbocycles. The van der Waals surface area contributed by atoms with Crippen LogP contribution in [0.4, 0.5) is 0 Å². The quantitative estimate of drug-likeness (QED) is 0.540. The third-order valence-electron chi connectivity index (χ3n) is 0.573. The van der Waals surface area contributed by atoms with Crippen LogP contribution in [0.3, 0.4) is 0 Å². The molecule has 0 spiro atoms. The minimum Gasteiger partial charge on any atom is -0.351 e. The average molecular weight is 142 g/mol. The molecule has 0 aliphatic carbocycles. The van der Waals surface area contributed by atoms with Crippen LogP contribution in [0.25, 0.3) is 0 Å². The lowest BCUT2D eigenvalue weighted by atomic mass is 10.4. The van der Waals surface area contributed by atoms with Crippen molar-refractivity contribution in [3.63, 3.8) is 0 Å². The Morgan fingerprint density at radius 3 is 2.00 bits per heavy atom. The molecule has 0 heterocycles. The number of carbonyl (C=O) groups excluding carboxylic acids is 1. The Morgan fingerprint density at radius 2 is 2.00 bits per heavy atom. The van der Waals surface area contributed by atoms with Gasteiger partial charge >= 0.3 is 0 Å². The first-order valence-electron chi connectivity index (χ1n) is 3.17. The Kier molecular flexibility index (Phi) is 12.7. The molecule has 0 radical (unpaired) electrons. The van der Waals surface area contributed by atoms with Crippen molar-refractivity contribution in [1.29, 1.82) is 5.26 Å². The van der Waals surface area contributed by atoms with Gasteiger partial charge in [0.1, 0.15) is 0 Å². The fraction of sp³-hybridized carbons (Fsp3) is 0.714. The van der Waals surface area contributed by atoms with E-state index in [4.69, 9.17) is 5.26 Å². The molecule has 0 N–H and O–H groups in total. The van der Waals surface area contributed by atoms with Crippen LogP contribution < -0.4 is 0 Å². The number of unbranched alkanes of at least 4 members (excludes halogenated alkanes) is 1. The molecule has 0 aromatic rings. The molecule has 1 amide bonds. The normalized spacial score (nSPS) is 6.60. The average Bonchev–Trinajstić information content (AvgIpc) is 1.91. The molecule has 0 aromatic heterocycles. The van der Waals surface area contributed by atoms with Gasteiger partial charge in [-0.3, -0.25) is 4.79 Å². The molecule has 0 unspecified atom stereocenters. The molecule has 10 heavy (non-hydrogen) atoms. The number of carbonyl (C=O) groups is 1. The summed E-state index contributed by atoms with van der Waals surface area (Å²) in [5.74, 6) is 0. The molecule has 0 aliphatic rings. The van der Waals surface area contributed by atoms with Gasteiger partial charge in [-0.2, -0.15) is 5.26 Å². The Hall–Kier alpha value is -1.04. The lowest BCUT2D eigenvalue weighted by molar-refractivity contribution is -0.115. The van der Waals surface area contributed by atoms with Gasteiger partial charge < -0.3 is 4.90 Å². The molecular weight excluding hydrogens is 128 g/mol. The van der Waals surface area contributed by atoms with E-state index < -0.39 is 0 Å². The summed E-state index contributed by atoms with van der Waals surface area (Å²) in [5, 5.41) is 7.82. The Morgan fingerprint density at radius 1 is 1.60 bits per heavy atom. The van der Waals surface area contributed by atoms with Crippen LogP contribution in [0, 0.1) is 11.3 Å². The Balaban J connectivity index is 0. The minimum absolute atomic E-state index is 0.694. The fourth-order valence-corrected chi connectivity index (χ4v) is 0.112. The summed E-state index contributed by atoms with van der Waals surface area (Å²) in [6, 6.07) is 2.02. The SMILES string of the molecule is CCCC#N.CN(C)C=O. The van der Waals surface area contributed by atoms with Gasteiger partial charge in [0.15, 0.2) is 0 Å². The number of nitriles is 1. The second kappa shape index (κ2) is 10.9. The van der Waals surface area contributed by atoms with Crippen molar-refractivity contribution in [2.75, 3.05) is 14.1 Å². The second-order valence-corrected chi connectivity index (χ2v) is 1.98. The van der Waals surface area contributed by atoms with Crippen LogP contribution in [0.2, 0.25) is 0 Å². The first-order chi connectivity index (χ1) is 4.68. The molecule has 0 aliphatic heterocycles. The van der Waals surface area contributed by atoms with E-state index in [2.05, 4.69) is 0 Å². The lowest BCUT2D eigenvalue weighted by Gasteiger charge is -1.93. The van der Waals surface area contributed by atoms with Gasteiger partial charge in [-0.25, -0.2) is 0 Å². The standard InChI is InChI=1S/C4H7N.C3H7NO/c1-2-3-4-5;1-4(2)3-5/h2-3H2,1H3;3H,1-2H3. The number of nitrogens with zero attached hydrogens (tertiary/aromatic N) is 2. The van der Waals surface area contributed by atoms with Crippen LogP contribution >= 0.6 is 0 Å². The molecular formula is C7H14N2O. The molecule has 0 aromatic carbocycles. The van der Waals surface area contributed by atoms with Crippen LogP contribution in [-0.2, 0) is 4.79 Å². The highest BCUT2D eigenvalue weighted by molar-refractivity contribution is 5.45. The number of hydrogen-bond donors (Lipinski definition) is 0. The van der Waals surface area contributed by atoms with Crippen molar-refractivity contribution < 1.29 is 4.79 Å². The van der Waals surface area contributed by atoms with Gasteiger partial charge in [-0.15, -0.1) is 0 Å². The Bertz CT molecular complexity index is 105. The van der Waals surface area contributed by atoms with Gasteiger partial charge in [0.25, 0.3) is 0 Å². The molecule has 58 valence electrons. The van der Waals surface area contributed by atoms with Crippen molar-refractivity contribution >= 4 is 6.41 Å². The maximum Gasteiger partial charge on any atom is 0.209 e. The van der Waals surface area contributed by atoms with Crippen molar-refractivity contribution in [2.24, 2.45) is 0 Å². The van der Waals surface area contributed by atoms with Gasteiger partial charge in [0, 0.05) is 20.5 Å². The highest BCUT2D eigenvalue weighted by atomic mass is 16.1. The fourth-order valence-electron chi connectivity index (χ4n) is 0.112. The third-order valence-corrected chi connectivity index (χ3v) is 0.573. The van der Waals surface area contributed by atoms with E-state index in [-0.39, 0.29) is 0 Å². The summed E-state index contributed by atoms with van der Waals surface area (Å²) < 4.78 is 0. The Labute approximate surface area is 62.2 Å². The third kappa shape index (κ3) is 28.2. The predicted octanol–water partition coefficient (Wildman–Crippen LogP) is 1.01. The molecule has 0 fully saturated rings. The van der Waals surface area contributed by atoms with E-state index >= 15 is 0 Å². The van der Waals surface area contributed by atoms with E-state index in [1.54, 1.807) is 14.1 Å². The largest absolute Gasteiger partial charge is 0.351 e. The molecule has 0 atom stereocenters. The monoisotopic (exact) mass is 142 g/mol. The number of hydrogen-bond acceptors (Lipinski definition) is 2. The van der Waals surface area contributed by atoms with Gasteiger partial charge in [0.2, 0.25) is 6.41 Å². The highest BCUT2D eigenvalue weighted by Crippen LogP contribution is 1.77. The first kappa shape index (κ1) is 11.7. The van der Waals surface area contributed by atoms with E-state index in [9.17, 15) is 4.79 Å². The summed E-state index contributed by atoms with van der Waals surface area (Å²) in [6.45, 7) is 1.99. The van der Waals surface area contributed by atoms with Crippen molar-refractivity contribution in [3.05, 3.63) is 0 Å². The van der Waals surface area contributed by atoms with E-state index in [1.165, 1.54) is 4.90 Å². The van der Waals surface area contributed by atoms with Crippen molar-refractivity contribution in [3.8, 4) is 6.07 Å². The predicted molar refractivity (Wildman–Crippen MR) is 40.3 cm³/mol. The minimum atomic E-state index is 0.694. The van der Waals surface area contributed by atoms with Crippen LogP contribution in [0.15, 0.2) is 0 Å². The summed E-state index contributed by atoms with van der Waals surface area (Å²) in [4.78, 5) is 10.9. The van der Waals surface area contributed by atoms with Crippen LogP contribution in [0.1, 0.15) is 19.8 Å². The zero-order valence-electron chi connectivity index (χ0n) is 6.79. The number of rotatable bonds is 2. The van der Waals surface area contributed by atoms with Crippen LogP contribution in [0.5, 0.6) is 0 Å². The van der Waals surface area contributed by atoms with E-state index in [0.29, 0.717) is 6.42 Å². The zero-order valence-corrected chi connectivity index (χ0v) is 6.79. The van der Waals surface area contributed by atoms with Gasteiger partial charge in [-0.05, 0) is 6.42 Å². The second-order valence-electron chi connectivity index (χ2n) is 1.98. The summed E-state index contributed by atoms with van der Waals surface area (Å²) in [5.41, 5.74) is 0. The highest BCUT2D eigenvalue weighted by Gasteiger charge is 1.68. The molecule has 3 heteroatoms. The van der Waals surface area contributed by atoms with Gasteiger partial charge in [-0.1, -0.05) is 6.92 Å². The maximum absolute atomic E-state index is 9.43. The number of amides is 1. The van der Waals surface area contributed by atoms with Crippen molar-refractivity contribution in [1.82, 2.24) is 4.90 Å². The summed E-state index contributed by atoms with van der Waals surface area (Å²) in [7, 11) is 3.38. The summed E-state index contributed by atoms with van der Waals surface area (Å²) in [6.07, 6.45) is 2.43. The molecule has 0 saturated heterocycles. The molecule has 0 rings (SSSR count). The van der Waals surface area contributed by atoms with E-state index in [0.717, 1.165) is 12.8 Å². The lowest BCUT2D eigenvalue weighted by Crippen LogP contribution is -2.06. The topological polar surface area (TPSA) is 44.1 Å². The van der Waals surface area contributed by atoms with Crippen molar-refractivity contribution in [2.45, 2.75) is 19.8 Å². The molecule has 0 bridgehead atoms. The molecule has 3 nitrogen and oxygen atoms in total. The first-order valence-corrected chi connectivity index (χ1v) is 3.17. The van der Waals surface area contributed by atoms with Crippen LogP contribution in [-0.4, -0.2) is 25.4 Å². The van der Waals surface area contributed by atoms with E-state index in [1.807, 2.05) is 13.0 Å².